The summed E-state index contributed by atoms with van der Waals surface area (Å²) in [5.41, 5.74) is -4.27. The number of carbonyl (C=O) groups excluding carboxylic acids is 12. The minimum absolute atomic E-state index is 0.0612. The van der Waals surface area contributed by atoms with E-state index in [9.17, 15) is 57.5 Å². The Bertz CT molecular complexity index is 2190. The standard InChI is InChI=1S/C64H107N3O18/c1-60(2,3)80-54(74)31-29-27-25-23-21-19-17-16-18-20-22-24-26-28-30-46(68)42-44(56(76)81-61(4,5)6)32-37-50(70)66-49(59(79)84-64(13,14)15)36-38-51(71)65-48(58(78)83-63(10,11)12)35-34-47(69)43-45(57(77)82-62(7,8)9)33-41-55(75)85-67-52(72)39-40-53(67)73/h44-45,48-49H,16-43H2,1-15H3,(H,65,71)(H,66,70)/t44-,45-,48+,49+/m1/s1. The summed E-state index contributed by atoms with van der Waals surface area (Å²) >= 11 is 0. The SMILES string of the molecule is CC(C)(C)OC(=O)CCCCCCCCCCCCCCCCC(=O)C[C@@H](CCC(=O)N[C@@H](CCC(=O)N[C@@H](CCC(=O)C[C@@H](CCC(=O)ON1C(=O)CCC1=O)C(=O)OC(C)(C)C)C(=O)OC(C)(C)C)C(=O)OC(C)(C)C)C(=O)OC(C)(C)C. The lowest BCUT2D eigenvalue weighted by molar-refractivity contribution is -0.197. The van der Waals surface area contributed by atoms with Gasteiger partial charge in [0.2, 0.25) is 11.8 Å². The van der Waals surface area contributed by atoms with Crippen molar-refractivity contribution in [2.45, 2.75) is 324 Å². The number of amides is 4. The molecule has 1 rings (SSSR count). The number of hydrogen-bond donors (Lipinski definition) is 2. The first kappa shape index (κ1) is 77.3. The summed E-state index contributed by atoms with van der Waals surface area (Å²) in [4.78, 5) is 161. The van der Waals surface area contributed by atoms with E-state index >= 15 is 0 Å². The van der Waals surface area contributed by atoms with Gasteiger partial charge in [-0.3, -0.25) is 43.2 Å². The van der Waals surface area contributed by atoms with E-state index in [1.807, 2.05) is 20.8 Å². The summed E-state index contributed by atoms with van der Waals surface area (Å²) in [6.07, 6.45) is 12.6. The Kier molecular flexibility index (Phi) is 34.3. The van der Waals surface area contributed by atoms with Gasteiger partial charge in [-0.2, -0.15) is 0 Å². The molecule has 1 aliphatic heterocycles. The van der Waals surface area contributed by atoms with Crippen molar-refractivity contribution in [3.8, 4) is 0 Å². The third kappa shape index (κ3) is 39.5. The third-order valence-electron chi connectivity index (χ3n) is 13.0. The molecule has 85 heavy (non-hydrogen) atoms. The van der Waals surface area contributed by atoms with Crippen molar-refractivity contribution in [1.82, 2.24) is 15.7 Å². The van der Waals surface area contributed by atoms with E-state index in [0.29, 0.717) is 17.9 Å². The maximum Gasteiger partial charge on any atom is 0.333 e. The van der Waals surface area contributed by atoms with Gasteiger partial charge in [-0.15, -0.1) is 5.06 Å². The molecule has 21 nitrogen and oxygen atoms in total. The van der Waals surface area contributed by atoms with Crippen molar-refractivity contribution >= 4 is 71.0 Å². The van der Waals surface area contributed by atoms with E-state index in [1.165, 1.54) is 38.5 Å². The van der Waals surface area contributed by atoms with Crippen molar-refractivity contribution in [3.63, 3.8) is 0 Å². The number of ketones is 2. The lowest BCUT2D eigenvalue weighted by Gasteiger charge is -2.26. The normalized spacial score (nSPS) is 14.6. The zero-order valence-corrected chi connectivity index (χ0v) is 54.4. The Balaban J connectivity index is 2.89. The molecule has 486 valence electrons. The van der Waals surface area contributed by atoms with E-state index in [1.54, 1.807) is 83.1 Å². The summed E-state index contributed by atoms with van der Waals surface area (Å²) in [7, 11) is 0. The highest BCUT2D eigenvalue weighted by atomic mass is 16.7. The van der Waals surface area contributed by atoms with E-state index in [4.69, 9.17) is 28.5 Å². The fraction of sp³-hybridized carbons (Fsp3) is 0.812. The van der Waals surface area contributed by atoms with E-state index in [-0.39, 0.29) is 76.0 Å². The Morgan fingerprint density at radius 1 is 0.365 bits per heavy atom. The fourth-order valence-corrected chi connectivity index (χ4v) is 9.00. The summed E-state index contributed by atoms with van der Waals surface area (Å²) < 4.78 is 27.7. The Labute approximate surface area is 506 Å². The third-order valence-corrected chi connectivity index (χ3v) is 13.0. The van der Waals surface area contributed by atoms with Gasteiger partial charge in [-0.1, -0.05) is 77.0 Å². The molecule has 0 spiro atoms. The lowest BCUT2D eigenvalue weighted by Crippen LogP contribution is -2.47. The first-order valence-electron chi connectivity index (χ1n) is 31.0. The molecule has 0 bridgehead atoms. The number of hydroxylamine groups is 2. The maximum absolute atomic E-state index is 13.6. The number of unbranched alkanes of at least 4 members (excludes halogenated alkanes) is 13. The van der Waals surface area contributed by atoms with Gasteiger partial charge < -0.3 is 39.2 Å². The Morgan fingerprint density at radius 3 is 1.05 bits per heavy atom. The highest BCUT2D eigenvalue weighted by Crippen LogP contribution is 2.25. The molecular formula is C64H107N3O18. The zero-order chi connectivity index (χ0) is 64.8. The molecule has 0 saturated carbocycles. The first-order valence-corrected chi connectivity index (χ1v) is 31.0. The molecule has 0 unspecified atom stereocenters. The molecule has 2 N–H and O–H groups in total. The number of ether oxygens (including phenoxy) is 5. The lowest BCUT2D eigenvalue weighted by atomic mass is 9.94. The quantitative estimate of drug-likeness (QED) is 0.0249. The van der Waals surface area contributed by atoms with E-state index < -0.39 is 130 Å². The molecule has 1 fully saturated rings. The van der Waals surface area contributed by atoms with Gasteiger partial charge in [0.25, 0.3) is 11.8 Å². The number of rotatable bonds is 40. The molecule has 0 aromatic heterocycles. The number of nitrogens with zero attached hydrogens (tertiary/aromatic N) is 1. The highest BCUT2D eigenvalue weighted by Gasteiger charge is 2.36. The number of esters is 5. The van der Waals surface area contributed by atoms with Crippen molar-refractivity contribution in [2.24, 2.45) is 11.8 Å². The summed E-state index contributed by atoms with van der Waals surface area (Å²) in [6.45, 7) is 25.3. The molecule has 0 radical (unpaired) electrons. The van der Waals surface area contributed by atoms with Crippen LogP contribution in [0, 0.1) is 11.8 Å². The highest BCUT2D eigenvalue weighted by molar-refractivity contribution is 6.01. The van der Waals surface area contributed by atoms with Crippen molar-refractivity contribution in [1.29, 1.82) is 0 Å². The molecule has 4 amide bonds. The topological polar surface area (TPSA) is 288 Å². The van der Waals surface area contributed by atoms with Crippen LogP contribution < -0.4 is 10.6 Å². The largest absolute Gasteiger partial charge is 0.460 e. The number of Topliss-reactive ketones (excluding diaryl/α,β-unsaturated/α-hetero) is 2. The Morgan fingerprint density at radius 2 is 0.671 bits per heavy atom. The van der Waals surface area contributed by atoms with Crippen molar-refractivity contribution in [2.75, 3.05) is 0 Å². The van der Waals surface area contributed by atoms with Gasteiger partial charge in [-0.05, 0) is 142 Å². The van der Waals surface area contributed by atoms with Crippen LogP contribution in [0.15, 0.2) is 0 Å². The van der Waals surface area contributed by atoms with Gasteiger partial charge >= 0.3 is 35.8 Å². The molecule has 0 aromatic carbocycles. The molecule has 1 saturated heterocycles. The van der Waals surface area contributed by atoms with Crippen LogP contribution in [0.1, 0.15) is 284 Å². The maximum atomic E-state index is 13.6. The average molecular weight is 1210 g/mol. The summed E-state index contributed by atoms with van der Waals surface area (Å²) in [5.74, 6) is -9.74. The van der Waals surface area contributed by atoms with Crippen LogP contribution in [-0.2, 0) is 86.1 Å². The number of carbonyl (C=O) groups is 12. The van der Waals surface area contributed by atoms with Gasteiger partial charge in [0.05, 0.1) is 11.8 Å². The van der Waals surface area contributed by atoms with E-state index in [0.717, 1.165) is 44.9 Å². The van der Waals surface area contributed by atoms with Crippen LogP contribution in [0.3, 0.4) is 0 Å². The van der Waals surface area contributed by atoms with Gasteiger partial charge in [0.15, 0.2) is 0 Å². The molecule has 0 aliphatic carbocycles. The summed E-state index contributed by atoms with van der Waals surface area (Å²) in [5, 5.41) is 5.59. The Hall–Kier alpha value is -5.76. The molecule has 0 aromatic rings. The van der Waals surface area contributed by atoms with Crippen LogP contribution in [0.4, 0.5) is 0 Å². The average Bonchev–Trinajstić information content (AvgIpc) is 3.89. The molecule has 21 heteroatoms. The van der Waals surface area contributed by atoms with Gasteiger partial charge in [0.1, 0.15) is 51.7 Å². The van der Waals surface area contributed by atoms with Crippen LogP contribution in [0.5, 0.6) is 0 Å². The molecule has 1 heterocycles. The first-order chi connectivity index (χ1) is 39.2. The van der Waals surface area contributed by atoms with Gasteiger partial charge in [-0.25, -0.2) is 14.4 Å². The predicted molar refractivity (Wildman–Crippen MR) is 317 cm³/mol. The smallest absolute Gasteiger partial charge is 0.333 e. The molecule has 1 aliphatic rings. The molecular weight excluding hydrogens is 1100 g/mol. The van der Waals surface area contributed by atoms with Crippen LogP contribution in [0.2, 0.25) is 0 Å². The fourth-order valence-electron chi connectivity index (χ4n) is 9.00. The van der Waals surface area contributed by atoms with E-state index in [2.05, 4.69) is 10.6 Å². The van der Waals surface area contributed by atoms with Crippen LogP contribution in [-0.4, -0.2) is 116 Å². The second-order valence-electron chi connectivity index (χ2n) is 27.5. The zero-order valence-electron chi connectivity index (χ0n) is 54.4. The predicted octanol–water partition coefficient (Wildman–Crippen LogP) is 10.8. The minimum atomic E-state index is -1.38. The number of nitrogens with one attached hydrogen (secondary N) is 2. The molecule has 4 atom stereocenters. The number of imide groups is 1. The number of hydrogen-bond acceptors (Lipinski definition) is 18. The second kappa shape index (κ2) is 37.7. The monoisotopic (exact) mass is 1210 g/mol. The summed E-state index contributed by atoms with van der Waals surface area (Å²) in [6, 6.07) is -2.74. The van der Waals surface area contributed by atoms with Crippen LogP contribution in [0.25, 0.3) is 0 Å². The van der Waals surface area contributed by atoms with Crippen molar-refractivity contribution in [3.05, 3.63) is 0 Å². The van der Waals surface area contributed by atoms with Crippen molar-refractivity contribution < 1.29 is 86.1 Å². The second-order valence-corrected chi connectivity index (χ2v) is 27.5. The minimum Gasteiger partial charge on any atom is -0.460 e. The van der Waals surface area contributed by atoms with Gasteiger partial charge in [0, 0.05) is 64.2 Å². The van der Waals surface area contributed by atoms with Crippen LogP contribution >= 0.6 is 0 Å².